The fourth-order valence-electron chi connectivity index (χ4n) is 3.38. The zero-order valence-electron chi connectivity index (χ0n) is 16.0. The van der Waals surface area contributed by atoms with E-state index in [1.54, 1.807) is 7.11 Å². The third-order valence-electron chi connectivity index (χ3n) is 5.04. The van der Waals surface area contributed by atoms with Crippen LogP contribution in [0.15, 0.2) is 40.1 Å². The van der Waals surface area contributed by atoms with E-state index in [0.717, 1.165) is 61.6 Å². The van der Waals surface area contributed by atoms with E-state index in [-0.39, 0.29) is 11.2 Å². The van der Waals surface area contributed by atoms with Crippen molar-refractivity contribution in [2.75, 3.05) is 44.7 Å². The predicted octanol–water partition coefficient (Wildman–Crippen LogP) is 0.553. The molecule has 2 heterocycles. The lowest BCUT2D eigenvalue weighted by molar-refractivity contribution is 0.249. The molecule has 0 radical (unpaired) electrons. The monoisotopic (exact) mass is 372 g/mol. The Hall–Kier alpha value is -2.61. The van der Waals surface area contributed by atoms with Crippen molar-refractivity contribution in [2.24, 2.45) is 7.05 Å². The number of hydrogen-bond acceptors (Lipinski definition) is 6. The number of para-hydroxylation sites is 2. The van der Waals surface area contributed by atoms with E-state index in [0.29, 0.717) is 6.54 Å². The first kappa shape index (κ1) is 19.2. The van der Waals surface area contributed by atoms with Gasteiger partial charge in [-0.3, -0.25) is 14.3 Å². The van der Waals surface area contributed by atoms with E-state index in [1.165, 1.54) is 17.9 Å². The first-order chi connectivity index (χ1) is 13.1. The molecule has 0 bridgehead atoms. The quantitative estimate of drug-likeness (QED) is 0.661. The Labute approximate surface area is 158 Å². The van der Waals surface area contributed by atoms with Gasteiger partial charge < -0.3 is 9.64 Å². The average molecular weight is 372 g/mol. The Morgan fingerprint density at radius 3 is 2.48 bits per heavy atom. The van der Waals surface area contributed by atoms with Crippen LogP contribution in [0.3, 0.4) is 0 Å². The molecule has 1 saturated heterocycles. The van der Waals surface area contributed by atoms with E-state index in [4.69, 9.17) is 4.74 Å². The van der Waals surface area contributed by atoms with Crippen molar-refractivity contribution in [3.63, 3.8) is 0 Å². The Balaban J connectivity index is 1.43. The highest BCUT2D eigenvalue weighted by molar-refractivity contribution is 5.58. The smallest absolute Gasteiger partial charge is 0.347 e. The highest BCUT2D eigenvalue weighted by atomic mass is 16.4. The molecule has 1 aromatic carbocycles. The van der Waals surface area contributed by atoms with Crippen LogP contribution in [-0.4, -0.2) is 59.1 Å². The Bertz CT molecular complexity index is 868. The lowest BCUT2D eigenvalue weighted by atomic mass is 10.2. The number of unbranched alkanes of at least 4 members (excludes halogenated alkanes) is 1. The second-order valence-corrected chi connectivity index (χ2v) is 6.76. The minimum Gasteiger partial charge on any atom is -0.495 e. The van der Waals surface area contributed by atoms with Gasteiger partial charge in [0.1, 0.15) is 11.9 Å². The molecule has 0 saturated carbocycles. The summed E-state index contributed by atoms with van der Waals surface area (Å²) in [6.07, 6.45) is 3.04. The van der Waals surface area contributed by atoms with Gasteiger partial charge in [0, 0.05) is 39.8 Å². The maximum absolute atomic E-state index is 11.9. The number of ether oxygens (including phenoxy) is 1. The lowest BCUT2D eigenvalue weighted by Crippen LogP contribution is -2.46. The predicted molar refractivity (Wildman–Crippen MR) is 105 cm³/mol. The molecule has 0 atom stereocenters. The number of rotatable bonds is 7. The Morgan fingerprint density at radius 1 is 1.04 bits per heavy atom. The highest BCUT2D eigenvalue weighted by Crippen LogP contribution is 2.28. The fraction of sp³-hybridized carbons (Fsp3) is 0.526. The van der Waals surface area contributed by atoms with Gasteiger partial charge in [-0.2, -0.15) is 5.10 Å². The van der Waals surface area contributed by atoms with Crippen LogP contribution in [0, 0.1) is 0 Å². The minimum absolute atomic E-state index is 0.354. The molecule has 8 heteroatoms. The maximum atomic E-state index is 11.9. The number of benzene rings is 1. The topological polar surface area (TPSA) is 72.6 Å². The third-order valence-corrected chi connectivity index (χ3v) is 5.04. The van der Waals surface area contributed by atoms with E-state index in [2.05, 4.69) is 21.0 Å². The van der Waals surface area contributed by atoms with Crippen LogP contribution >= 0.6 is 0 Å². The van der Waals surface area contributed by atoms with Crippen molar-refractivity contribution in [2.45, 2.75) is 19.4 Å². The molecule has 8 nitrogen and oxygen atoms in total. The molecular weight excluding hydrogens is 345 g/mol. The number of aryl methyl sites for hydroxylation is 1. The molecule has 0 N–H and O–H groups in total. The van der Waals surface area contributed by atoms with Gasteiger partial charge in [-0.1, -0.05) is 12.1 Å². The molecule has 0 aliphatic carbocycles. The lowest BCUT2D eigenvalue weighted by Gasteiger charge is -2.36. The molecule has 0 unspecified atom stereocenters. The molecule has 1 aliphatic rings. The molecule has 146 valence electrons. The second kappa shape index (κ2) is 8.85. The van der Waals surface area contributed by atoms with Crippen LogP contribution in [-0.2, 0) is 13.6 Å². The third kappa shape index (κ3) is 4.57. The summed E-state index contributed by atoms with van der Waals surface area (Å²) in [5.41, 5.74) is 0.428. The zero-order chi connectivity index (χ0) is 19.2. The van der Waals surface area contributed by atoms with Gasteiger partial charge in [0.15, 0.2) is 0 Å². The first-order valence-corrected chi connectivity index (χ1v) is 9.33. The van der Waals surface area contributed by atoms with Gasteiger partial charge in [-0.15, -0.1) is 0 Å². The van der Waals surface area contributed by atoms with Gasteiger partial charge in [0.2, 0.25) is 0 Å². The van der Waals surface area contributed by atoms with Crippen molar-refractivity contribution in [3.05, 3.63) is 51.3 Å². The molecule has 1 fully saturated rings. The number of aromatic nitrogens is 3. The summed E-state index contributed by atoms with van der Waals surface area (Å²) >= 11 is 0. The van der Waals surface area contributed by atoms with E-state index >= 15 is 0 Å². The zero-order valence-corrected chi connectivity index (χ0v) is 16.0. The second-order valence-electron chi connectivity index (χ2n) is 6.76. The van der Waals surface area contributed by atoms with Crippen LogP contribution < -0.4 is 20.9 Å². The Morgan fingerprint density at radius 2 is 1.74 bits per heavy atom. The normalized spacial score (nSPS) is 15.1. The summed E-state index contributed by atoms with van der Waals surface area (Å²) in [5, 5.41) is 3.92. The van der Waals surface area contributed by atoms with Crippen LogP contribution in [0.2, 0.25) is 0 Å². The van der Waals surface area contributed by atoms with Gasteiger partial charge in [-0.05, 0) is 31.5 Å². The van der Waals surface area contributed by atoms with Gasteiger partial charge in [0.25, 0.3) is 5.56 Å². The van der Waals surface area contributed by atoms with Crippen molar-refractivity contribution >= 4 is 5.69 Å². The number of nitrogens with zero attached hydrogens (tertiary/aromatic N) is 5. The van der Waals surface area contributed by atoms with Crippen molar-refractivity contribution in [3.8, 4) is 5.75 Å². The maximum Gasteiger partial charge on any atom is 0.347 e. The SMILES string of the molecule is Cn1c(=O)cnn(CCCCN2CCN(c3ccccc3O[11CH3])CC2)c1=O. The molecule has 2 aromatic rings. The molecule has 27 heavy (non-hydrogen) atoms. The van der Waals surface area contributed by atoms with E-state index in [9.17, 15) is 9.59 Å². The van der Waals surface area contributed by atoms with Gasteiger partial charge >= 0.3 is 5.69 Å². The molecule has 1 aliphatic heterocycles. The highest BCUT2D eigenvalue weighted by Gasteiger charge is 2.19. The number of piperazine rings is 1. The van der Waals surface area contributed by atoms with Crippen LogP contribution in [0.4, 0.5) is 5.69 Å². The average Bonchev–Trinajstić information content (AvgIpc) is 2.71. The van der Waals surface area contributed by atoms with Gasteiger partial charge in [0.05, 0.1) is 12.8 Å². The van der Waals surface area contributed by atoms with Crippen LogP contribution in [0.5, 0.6) is 5.75 Å². The largest absolute Gasteiger partial charge is 0.495 e. The summed E-state index contributed by atoms with van der Waals surface area (Å²) in [4.78, 5) is 28.1. The molecule has 0 amide bonds. The molecule has 3 rings (SSSR count). The number of hydrogen-bond donors (Lipinski definition) is 0. The van der Waals surface area contributed by atoms with Gasteiger partial charge in [-0.25, -0.2) is 9.48 Å². The van der Waals surface area contributed by atoms with E-state index in [1.807, 2.05) is 18.2 Å². The van der Waals surface area contributed by atoms with E-state index < -0.39 is 0 Å². The Kier molecular flexibility index (Phi) is 6.28. The molecule has 0 spiro atoms. The first-order valence-electron chi connectivity index (χ1n) is 9.33. The fourth-order valence-corrected chi connectivity index (χ4v) is 3.38. The summed E-state index contributed by atoms with van der Waals surface area (Å²) < 4.78 is 7.91. The molecule has 1 aromatic heterocycles. The molecular formula is C19H27N5O3. The summed E-state index contributed by atoms with van der Waals surface area (Å²) in [7, 11) is 3.18. The minimum atomic E-state index is -0.371. The number of anilines is 1. The summed E-state index contributed by atoms with van der Waals surface area (Å²) in [6, 6.07) is 8.13. The summed E-state index contributed by atoms with van der Waals surface area (Å²) in [5.74, 6) is 0.918. The van der Waals surface area contributed by atoms with Crippen molar-refractivity contribution in [1.82, 2.24) is 19.2 Å². The van der Waals surface area contributed by atoms with Crippen LogP contribution in [0.1, 0.15) is 12.8 Å². The number of methoxy groups -OCH3 is 1. The standard InChI is InChI=1S/C19H27N5O3/c1-21-18(25)15-20-24(19(21)26)10-6-5-9-22-11-13-23(14-12-22)16-7-3-4-8-17(16)27-2/h3-4,7-8,15H,5-6,9-14H2,1-2H3/i2-1. The van der Waals surface area contributed by atoms with Crippen molar-refractivity contribution in [1.29, 1.82) is 0 Å². The summed E-state index contributed by atoms with van der Waals surface area (Å²) in [6.45, 7) is 5.50. The van der Waals surface area contributed by atoms with Crippen molar-refractivity contribution < 1.29 is 4.74 Å². The van der Waals surface area contributed by atoms with Crippen LogP contribution in [0.25, 0.3) is 0 Å².